The van der Waals surface area contributed by atoms with Gasteiger partial charge in [-0.25, -0.2) is 0 Å². The summed E-state index contributed by atoms with van der Waals surface area (Å²) in [6, 6.07) is 18.0. The second kappa shape index (κ2) is 9.43. The Kier molecular flexibility index (Phi) is 6.72. The number of aryl methyl sites for hydroxylation is 1. The third-order valence-electron chi connectivity index (χ3n) is 4.24. The zero-order valence-electron chi connectivity index (χ0n) is 14.7. The monoisotopic (exact) mass is 368 g/mol. The highest BCUT2D eigenvalue weighted by Crippen LogP contribution is 2.30. The van der Waals surface area contributed by atoms with E-state index in [9.17, 15) is 9.59 Å². The van der Waals surface area contributed by atoms with E-state index in [4.69, 9.17) is 0 Å². The Hall–Kier alpha value is -2.27. The number of benzene rings is 2. The second-order valence-electron chi connectivity index (χ2n) is 6.53. The van der Waals surface area contributed by atoms with Gasteiger partial charge in [-0.2, -0.15) is 11.8 Å². The Labute approximate surface area is 158 Å². The van der Waals surface area contributed by atoms with E-state index in [1.54, 1.807) is 11.8 Å². The minimum Gasteiger partial charge on any atom is -0.351 e. The third-order valence-corrected chi connectivity index (χ3v) is 5.20. The number of anilines is 1. The molecule has 0 aliphatic heterocycles. The van der Waals surface area contributed by atoms with Gasteiger partial charge in [-0.05, 0) is 48.3 Å². The first-order valence-corrected chi connectivity index (χ1v) is 10.1. The molecule has 26 heavy (non-hydrogen) atoms. The normalized spacial score (nSPS) is 13.2. The summed E-state index contributed by atoms with van der Waals surface area (Å²) < 4.78 is 0. The summed E-state index contributed by atoms with van der Waals surface area (Å²) >= 11 is 1.64. The lowest BCUT2D eigenvalue weighted by Gasteiger charge is -2.08. The van der Waals surface area contributed by atoms with Crippen LogP contribution in [0.15, 0.2) is 54.6 Å². The molecule has 4 nitrogen and oxygen atoms in total. The molecular weight excluding hydrogens is 344 g/mol. The zero-order valence-corrected chi connectivity index (χ0v) is 15.6. The van der Waals surface area contributed by atoms with Gasteiger partial charge in [0.25, 0.3) is 0 Å². The van der Waals surface area contributed by atoms with Crippen molar-refractivity contribution in [3.63, 3.8) is 0 Å². The number of amides is 2. The number of nitrogens with one attached hydrogen (secondary N) is 2. The van der Waals surface area contributed by atoms with Crippen LogP contribution in [0.1, 0.15) is 24.0 Å². The maximum absolute atomic E-state index is 12.0. The highest BCUT2D eigenvalue weighted by Gasteiger charge is 2.29. The molecule has 2 aromatic rings. The molecular formula is C21H24N2O2S. The van der Waals surface area contributed by atoms with Crippen LogP contribution in [0.3, 0.4) is 0 Å². The fourth-order valence-corrected chi connectivity index (χ4v) is 3.41. The molecule has 0 unspecified atom stereocenters. The summed E-state index contributed by atoms with van der Waals surface area (Å²) in [7, 11) is 0. The van der Waals surface area contributed by atoms with E-state index in [1.165, 1.54) is 5.56 Å². The maximum atomic E-state index is 12.0. The predicted octanol–water partition coefficient (Wildman–Crippen LogP) is 3.63. The fraction of sp³-hybridized carbons (Fsp3) is 0.333. The van der Waals surface area contributed by atoms with Crippen LogP contribution in [0.4, 0.5) is 5.69 Å². The standard InChI is InChI=1S/C21H24N2O2S/c24-20(15-26-12-11-16-5-2-1-3-6-16)22-14-17-7-4-8-19(13-17)23-21(25)18-9-10-18/h1-8,13,18H,9-12,14-15H2,(H,22,24)(H,23,25). The van der Waals surface area contributed by atoms with Crippen molar-refractivity contribution in [1.29, 1.82) is 0 Å². The fourth-order valence-electron chi connectivity index (χ4n) is 2.60. The van der Waals surface area contributed by atoms with Gasteiger partial charge in [0.2, 0.25) is 11.8 Å². The average Bonchev–Trinajstić information content (AvgIpc) is 3.50. The van der Waals surface area contributed by atoms with Crippen LogP contribution in [0.25, 0.3) is 0 Å². The number of rotatable bonds is 9. The molecule has 2 amide bonds. The van der Waals surface area contributed by atoms with Crippen molar-refractivity contribution in [3.8, 4) is 0 Å². The molecule has 0 heterocycles. The van der Waals surface area contributed by atoms with E-state index in [0.717, 1.165) is 36.3 Å². The topological polar surface area (TPSA) is 58.2 Å². The highest BCUT2D eigenvalue weighted by molar-refractivity contribution is 7.99. The Morgan fingerprint density at radius 1 is 1.00 bits per heavy atom. The van der Waals surface area contributed by atoms with Crippen molar-refractivity contribution >= 4 is 29.3 Å². The molecule has 2 aromatic carbocycles. The first kappa shape index (κ1) is 18.5. The molecule has 0 aromatic heterocycles. The predicted molar refractivity (Wildman–Crippen MR) is 107 cm³/mol. The minimum atomic E-state index is 0.0375. The number of thioether (sulfide) groups is 1. The van der Waals surface area contributed by atoms with Gasteiger partial charge >= 0.3 is 0 Å². The minimum absolute atomic E-state index is 0.0375. The Morgan fingerprint density at radius 3 is 2.54 bits per heavy atom. The lowest BCUT2D eigenvalue weighted by atomic mass is 10.2. The molecule has 3 rings (SSSR count). The van der Waals surface area contributed by atoms with Crippen LogP contribution in [0.5, 0.6) is 0 Å². The molecule has 5 heteroatoms. The molecule has 0 radical (unpaired) electrons. The maximum Gasteiger partial charge on any atom is 0.230 e. The highest BCUT2D eigenvalue weighted by atomic mass is 32.2. The number of carbonyl (C=O) groups excluding carboxylic acids is 2. The Bertz CT molecular complexity index is 745. The van der Waals surface area contributed by atoms with Crippen molar-refractivity contribution in [2.24, 2.45) is 5.92 Å². The van der Waals surface area contributed by atoms with Crippen LogP contribution >= 0.6 is 11.8 Å². The van der Waals surface area contributed by atoms with Crippen molar-refractivity contribution in [2.75, 3.05) is 16.8 Å². The molecule has 0 bridgehead atoms. The molecule has 0 spiro atoms. The van der Waals surface area contributed by atoms with E-state index in [1.807, 2.05) is 42.5 Å². The number of hydrogen-bond donors (Lipinski definition) is 2. The quantitative estimate of drug-likeness (QED) is 0.665. The third kappa shape index (κ3) is 6.23. The molecule has 1 fully saturated rings. The summed E-state index contributed by atoms with van der Waals surface area (Å²) in [6.07, 6.45) is 2.95. The van der Waals surface area contributed by atoms with Crippen LogP contribution < -0.4 is 10.6 Å². The van der Waals surface area contributed by atoms with Crippen molar-refractivity contribution in [2.45, 2.75) is 25.8 Å². The smallest absolute Gasteiger partial charge is 0.230 e. The van der Waals surface area contributed by atoms with Gasteiger partial charge in [0.1, 0.15) is 0 Å². The van der Waals surface area contributed by atoms with Gasteiger partial charge < -0.3 is 10.6 Å². The SMILES string of the molecule is O=C(CSCCc1ccccc1)NCc1cccc(NC(=O)C2CC2)c1. The molecule has 2 N–H and O–H groups in total. The van der Waals surface area contributed by atoms with Crippen molar-refractivity contribution < 1.29 is 9.59 Å². The first-order chi connectivity index (χ1) is 12.7. The first-order valence-electron chi connectivity index (χ1n) is 8.99. The van der Waals surface area contributed by atoms with Gasteiger partial charge in [-0.15, -0.1) is 0 Å². The lowest BCUT2D eigenvalue weighted by Crippen LogP contribution is -2.24. The molecule has 1 saturated carbocycles. The van der Waals surface area contributed by atoms with Gasteiger partial charge in [-0.1, -0.05) is 42.5 Å². The molecule has 1 aliphatic carbocycles. The van der Waals surface area contributed by atoms with Gasteiger partial charge in [0.15, 0.2) is 0 Å². The van der Waals surface area contributed by atoms with E-state index in [2.05, 4.69) is 22.8 Å². The zero-order chi connectivity index (χ0) is 18.2. The van der Waals surface area contributed by atoms with Crippen LogP contribution in [0.2, 0.25) is 0 Å². The van der Waals surface area contributed by atoms with Crippen LogP contribution in [0, 0.1) is 5.92 Å². The molecule has 1 aliphatic rings. The lowest BCUT2D eigenvalue weighted by molar-refractivity contribution is -0.119. The average molecular weight is 369 g/mol. The Balaban J connectivity index is 1.35. The molecule has 136 valence electrons. The summed E-state index contributed by atoms with van der Waals surface area (Å²) in [5, 5.41) is 5.87. The largest absolute Gasteiger partial charge is 0.351 e. The van der Waals surface area contributed by atoms with Crippen molar-refractivity contribution in [1.82, 2.24) is 5.32 Å². The summed E-state index contributed by atoms with van der Waals surface area (Å²) in [4.78, 5) is 23.8. The summed E-state index contributed by atoms with van der Waals surface area (Å²) in [5.74, 6) is 1.72. The van der Waals surface area contributed by atoms with Gasteiger partial charge in [0.05, 0.1) is 5.75 Å². The van der Waals surface area contributed by atoms with Gasteiger partial charge in [0, 0.05) is 18.2 Å². The van der Waals surface area contributed by atoms with Crippen LogP contribution in [-0.4, -0.2) is 23.3 Å². The number of carbonyl (C=O) groups is 2. The van der Waals surface area contributed by atoms with E-state index >= 15 is 0 Å². The molecule has 0 atom stereocenters. The van der Waals surface area contributed by atoms with E-state index in [0.29, 0.717) is 12.3 Å². The van der Waals surface area contributed by atoms with E-state index in [-0.39, 0.29) is 17.7 Å². The number of hydrogen-bond acceptors (Lipinski definition) is 3. The van der Waals surface area contributed by atoms with Crippen molar-refractivity contribution in [3.05, 3.63) is 65.7 Å². The Morgan fingerprint density at radius 2 is 1.77 bits per heavy atom. The van der Waals surface area contributed by atoms with Gasteiger partial charge in [-0.3, -0.25) is 9.59 Å². The summed E-state index contributed by atoms with van der Waals surface area (Å²) in [5.41, 5.74) is 3.08. The second-order valence-corrected chi connectivity index (χ2v) is 7.63. The molecule has 0 saturated heterocycles. The van der Waals surface area contributed by atoms with Crippen LogP contribution in [-0.2, 0) is 22.6 Å². The van der Waals surface area contributed by atoms with E-state index < -0.39 is 0 Å². The summed E-state index contributed by atoms with van der Waals surface area (Å²) in [6.45, 7) is 0.477.